The first-order valence-corrected chi connectivity index (χ1v) is 4.02. The van der Waals surface area contributed by atoms with Crippen molar-refractivity contribution in [1.82, 2.24) is 0 Å². The van der Waals surface area contributed by atoms with Crippen LogP contribution in [-0.4, -0.2) is 12.2 Å². The average Bonchev–Trinajstić information content (AvgIpc) is 2.15. The van der Waals surface area contributed by atoms with Crippen molar-refractivity contribution < 1.29 is 75.9 Å². The summed E-state index contributed by atoms with van der Waals surface area (Å²) >= 11 is 0.703. The molecule has 72 valence electrons. The third kappa shape index (κ3) is 4.47. The minimum atomic E-state index is -0.0259. The quantitative estimate of drug-likeness (QED) is 0.275. The SMILES string of the molecule is COc1ccc(SOO[O-])cc1O.[K+]. The number of rotatable bonds is 4. The van der Waals surface area contributed by atoms with Gasteiger partial charge in [-0.25, -0.2) is 0 Å². The molecule has 0 bridgehead atoms. The van der Waals surface area contributed by atoms with Gasteiger partial charge in [0.1, 0.15) is 0 Å². The van der Waals surface area contributed by atoms with Gasteiger partial charge in [0.25, 0.3) is 0 Å². The van der Waals surface area contributed by atoms with E-state index in [1.54, 1.807) is 12.1 Å². The Balaban J connectivity index is 0.00000169. The minimum absolute atomic E-state index is 0. The van der Waals surface area contributed by atoms with E-state index >= 15 is 0 Å². The predicted molar refractivity (Wildman–Crippen MR) is 42.7 cm³/mol. The van der Waals surface area contributed by atoms with Gasteiger partial charge in [0, 0.05) is 4.90 Å². The molecule has 0 aliphatic heterocycles. The van der Waals surface area contributed by atoms with Crippen molar-refractivity contribution >= 4 is 12.0 Å². The first-order chi connectivity index (χ1) is 6.27. The first kappa shape index (κ1) is 14.7. The fourth-order valence-corrected chi connectivity index (χ4v) is 1.16. The van der Waals surface area contributed by atoms with Gasteiger partial charge in [-0.15, -0.1) is 0 Å². The van der Waals surface area contributed by atoms with Gasteiger partial charge >= 0.3 is 51.4 Å². The van der Waals surface area contributed by atoms with E-state index < -0.39 is 0 Å². The maximum atomic E-state index is 9.48. The summed E-state index contributed by atoms with van der Waals surface area (Å²) in [5, 5.41) is 21.9. The molecule has 0 amide bonds. The summed E-state index contributed by atoms with van der Waals surface area (Å²) in [6.45, 7) is 0. The summed E-state index contributed by atoms with van der Waals surface area (Å²) in [6.07, 6.45) is 0. The smallest absolute Gasteiger partial charge is 0.691 e. The third-order valence-electron chi connectivity index (χ3n) is 1.31. The third-order valence-corrected chi connectivity index (χ3v) is 1.88. The predicted octanol–water partition coefficient (Wildman–Crippen LogP) is -2.36. The van der Waals surface area contributed by atoms with Gasteiger partial charge in [-0.3, -0.25) is 5.04 Å². The van der Waals surface area contributed by atoms with Gasteiger partial charge in [0.2, 0.25) is 0 Å². The van der Waals surface area contributed by atoms with Crippen LogP contribution in [0.25, 0.3) is 0 Å². The largest absolute Gasteiger partial charge is 1.00 e. The molecular weight excluding hydrogens is 235 g/mol. The molecule has 1 rings (SSSR count). The Labute approximate surface area is 128 Å². The number of aromatic hydroxyl groups is 1. The molecule has 0 aliphatic carbocycles. The normalized spacial score (nSPS) is 9.29. The van der Waals surface area contributed by atoms with Crippen molar-refractivity contribution in [1.29, 1.82) is 0 Å². The number of phenols is 1. The van der Waals surface area contributed by atoms with Gasteiger partial charge < -0.3 is 15.1 Å². The maximum Gasteiger partial charge on any atom is 1.00 e. The zero-order valence-corrected chi connectivity index (χ0v) is 11.7. The minimum Gasteiger partial charge on any atom is -0.691 e. The van der Waals surface area contributed by atoms with E-state index in [2.05, 4.69) is 9.37 Å². The van der Waals surface area contributed by atoms with Gasteiger partial charge in [-0.05, 0) is 18.2 Å². The summed E-state index contributed by atoms with van der Waals surface area (Å²) in [5.41, 5.74) is 0. The van der Waals surface area contributed by atoms with Crippen LogP contribution in [0.3, 0.4) is 0 Å². The molecule has 1 aromatic rings. The molecule has 0 aliphatic rings. The number of methoxy groups -OCH3 is 1. The van der Waals surface area contributed by atoms with Crippen LogP contribution in [0.15, 0.2) is 23.1 Å². The monoisotopic (exact) mass is 242 g/mol. The molecule has 0 aromatic heterocycles. The van der Waals surface area contributed by atoms with Crippen LogP contribution in [0.1, 0.15) is 0 Å². The van der Waals surface area contributed by atoms with Crippen LogP contribution >= 0.6 is 12.0 Å². The standard InChI is InChI=1S/C7H8O5S.K/c1-10-7-3-2-5(4-6(7)8)13-12-11-9;/h2-4,8-9H,1H3;/q;+1/p-1. The number of phenolic OH excluding ortho intramolecular Hbond substituents is 1. The Bertz CT molecular complexity index is 283. The van der Waals surface area contributed by atoms with E-state index in [0.29, 0.717) is 22.7 Å². The Morgan fingerprint density at radius 2 is 2.14 bits per heavy atom. The number of ether oxygens (including phenoxy) is 1. The number of benzene rings is 1. The molecule has 7 heteroatoms. The van der Waals surface area contributed by atoms with E-state index in [1.807, 2.05) is 0 Å². The van der Waals surface area contributed by atoms with Crippen LogP contribution in [0.4, 0.5) is 0 Å². The zero-order chi connectivity index (χ0) is 9.68. The molecule has 0 radical (unpaired) electrons. The summed E-state index contributed by atoms with van der Waals surface area (Å²) in [4.78, 5) is 0.536. The topological polar surface area (TPSA) is 71.0 Å². The molecule has 0 saturated heterocycles. The van der Waals surface area contributed by atoms with E-state index in [9.17, 15) is 10.4 Å². The Hall–Kier alpha value is 0.686. The van der Waals surface area contributed by atoms with Gasteiger partial charge in [-0.1, -0.05) is 0 Å². The van der Waals surface area contributed by atoms with Crippen molar-refractivity contribution in [2.24, 2.45) is 0 Å². The summed E-state index contributed by atoms with van der Waals surface area (Å²) in [7, 11) is 1.44. The van der Waals surface area contributed by atoms with Crippen LogP contribution in [0.2, 0.25) is 0 Å². The van der Waals surface area contributed by atoms with Crippen LogP contribution < -0.4 is 61.4 Å². The Morgan fingerprint density at radius 1 is 1.43 bits per heavy atom. The zero-order valence-electron chi connectivity index (χ0n) is 7.72. The van der Waals surface area contributed by atoms with Crippen molar-refractivity contribution in [3.63, 3.8) is 0 Å². The fourth-order valence-electron chi connectivity index (χ4n) is 0.775. The summed E-state index contributed by atoms with van der Waals surface area (Å²) in [5.74, 6) is 0.328. The van der Waals surface area contributed by atoms with Crippen molar-refractivity contribution in [2.45, 2.75) is 4.90 Å². The fraction of sp³-hybridized carbons (Fsp3) is 0.143. The van der Waals surface area contributed by atoms with E-state index in [4.69, 9.17) is 4.74 Å². The molecule has 5 nitrogen and oxygen atoms in total. The molecule has 0 saturated carbocycles. The average molecular weight is 242 g/mol. The molecule has 0 atom stereocenters. The molecule has 1 aromatic carbocycles. The van der Waals surface area contributed by atoms with Crippen LogP contribution in [-0.2, 0) is 9.37 Å². The number of hydrogen-bond acceptors (Lipinski definition) is 6. The summed E-state index contributed by atoms with van der Waals surface area (Å²) in [6, 6.07) is 4.55. The van der Waals surface area contributed by atoms with Gasteiger partial charge in [0.05, 0.1) is 19.2 Å². The van der Waals surface area contributed by atoms with E-state index in [0.717, 1.165) is 0 Å². The Kier molecular flexibility index (Phi) is 8.30. The first-order valence-electron chi connectivity index (χ1n) is 3.28. The van der Waals surface area contributed by atoms with Crippen molar-refractivity contribution in [2.75, 3.05) is 7.11 Å². The second-order valence-electron chi connectivity index (χ2n) is 2.05. The van der Waals surface area contributed by atoms with Crippen LogP contribution in [0.5, 0.6) is 11.5 Å². The molecule has 1 N–H and O–H groups in total. The Morgan fingerprint density at radius 3 is 2.64 bits per heavy atom. The van der Waals surface area contributed by atoms with E-state index in [-0.39, 0.29) is 57.1 Å². The van der Waals surface area contributed by atoms with Crippen molar-refractivity contribution in [3.8, 4) is 11.5 Å². The second kappa shape index (κ2) is 7.91. The molecular formula is C7H7KO5S. The molecule has 14 heavy (non-hydrogen) atoms. The number of hydrogen-bond donors (Lipinski definition) is 1. The van der Waals surface area contributed by atoms with Crippen molar-refractivity contribution in [3.05, 3.63) is 18.2 Å². The van der Waals surface area contributed by atoms with Gasteiger partial charge in [-0.2, -0.15) is 4.33 Å². The van der Waals surface area contributed by atoms with Crippen LogP contribution in [0, 0.1) is 0 Å². The molecule has 0 unspecified atom stereocenters. The molecule has 0 spiro atoms. The second-order valence-corrected chi connectivity index (χ2v) is 2.83. The van der Waals surface area contributed by atoms with Gasteiger partial charge in [0.15, 0.2) is 11.5 Å². The van der Waals surface area contributed by atoms with E-state index in [1.165, 1.54) is 13.2 Å². The maximum absolute atomic E-state index is 9.48. The molecule has 0 fully saturated rings. The molecule has 0 heterocycles. The summed E-state index contributed by atoms with van der Waals surface area (Å²) < 4.78 is 8.87.